The van der Waals surface area contributed by atoms with Gasteiger partial charge in [-0.15, -0.1) is 0 Å². The lowest BCUT2D eigenvalue weighted by molar-refractivity contribution is -0.157. The van der Waals surface area contributed by atoms with Crippen molar-refractivity contribution in [2.45, 2.75) is 45.8 Å². The molecular weight excluding hydrogens is 352 g/mol. The predicted octanol–water partition coefficient (Wildman–Crippen LogP) is 2.86. The Labute approximate surface area is 159 Å². The van der Waals surface area contributed by atoms with Gasteiger partial charge in [0.25, 0.3) is 0 Å². The Kier molecular flexibility index (Phi) is 8.65. The number of esters is 1. The number of hydrogen-bond donors (Lipinski definition) is 1. The highest BCUT2D eigenvalue weighted by Crippen LogP contribution is 2.12. The van der Waals surface area contributed by atoms with Crippen LogP contribution in [0.4, 0.5) is 4.79 Å². The van der Waals surface area contributed by atoms with E-state index in [-0.39, 0.29) is 11.1 Å². The molecule has 0 aliphatic carbocycles. The minimum Gasteiger partial charge on any atom is -0.458 e. The maximum atomic E-state index is 12.5. The van der Waals surface area contributed by atoms with Crippen LogP contribution >= 0.6 is 11.8 Å². The predicted molar refractivity (Wildman–Crippen MR) is 104 cm³/mol. The lowest BCUT2D eigenvalue weighted by Gasteiger charge is -2.26. The van der Waals surface area contributed by atoms with Crippen molar-refractivity contribution in [2.75, 3.05) is 19.3 Å². The van der Waals surface area contributed by atoms with Crippen LogP contribution in [0.5, 0.6) is 0 Å². The Morgan fingerprint density at radius 3 is 2.35 bits per heavy atom. The van der Waals surface area contributed by atoms with Crippen LogP contribution in [0.3, 0.4) is 0 Å². The Balaban J connectivity index is 2.75. The number of rotatable bonds is 7. The third-order valence-electron chi connectivity index (χ3n) is 3.35. The Bertz CT molecular complexity index is 614. The van der Waals surface area contributed by atoms with Crippen molar-refractivity contribution in [3.63, 3.8) is 0 Å². The highest BCUT2D eigenvalue weighted by Gasteiger charge is 2.27. The van der Waals surface area contributed by atoms with E-state index in [4.69, 9.17) is 4.74 Å². The molecule has 1 aromatic carbocycles. The molecule has 0 aliphatic heterocycles. The smallest absolute Gasteiger partial charge is 0.329 e. The minimum atomic E-state index is -0.785. The number of amides is 2. The number of urea groups is 1. The molecule has 1 rings (SSSR count). The maximum absolute atomic E-state index is 12.5. The molecule has 0 aromatic heterocycles. The number of carbonyl (C=O) groups excluding carboxylic acids is 3. The van der Waals surface area contributed by atoms with E-state index in [1.807, 2.05) is 30.3 Å². The molecule has 0 heterocycles. The molecule has 0 bridgehead atoms. The molecule has 1 N–H and O–H groups in total. The van der Waals surface area contributed by atoms with Gasteiger partial charge in [0, 0.05) is 32.7 Å². The molecule has 6 nitrogen and oxygen atoms in total. The Morgan fingerprint density at radius 1 is 1.19 bits per heavy atom. The summed E-state index contributed by atoms with van der Waals surface area (Å²) in [6.07, 6.45) is 0.345. The maximum Gasteiger partial charge on any atom is 0.329 e. The summed E-state index contributed by atoms with van der Waals surface area (Å²) in [6, 6.07) is 8.30. The quantitative estimate of drug-likeness (QED) is 0.736. The average molecular weight is 381 g/mol. The van der Waals surface area contributed by atoms with E-state index in [2.05, 4.69) is 5.32 Å². The Morgan fingerprint density at radius 2 is 1.81 bits per heavy atom. The first kappa shape index (κ1) is 22.0. The van der Waals surface area contributed by atoms with Gasteiger partial charge >= 0.3 is 12.0 Å². The van der Waals surface area contributed by atoms with Crippen LogP contribution in [-0.4, -0.2) is 53.0 Å². The van der Waals surface area contributed by atoms with Crippen LogP contribution in [0.15, 0.2) is 30.3 Å². The number of carbonyl (C=O) groups is 3. The molecule has 0 aliphatic rings. The fourth-order valence-corrected chi connectivity index (χ4v) is 2.76. The van der Waals surface area contributed by atoms with Gasteiger partial charge in [0.05, 0.1) is 0 Å². The number of nitrogens with zero attached hydrogens (tertiary/aromatic N) is 1. The fourth-order valence-electron chi connectivity index (χ4n) is 2.10. The third kappa shape index (κ3) is 8.89. The van der Waals surface area contributed by atoms with Crippen molar-refractivity contribution in [3.05, 3.63) is 35.9 Å². The molecule has 0 radical (unpaired) electrons. The summed E-state index contributed by atoms with van der Waals surface area (Å²) < 4.78 is 5.44. The summed E-state index contributed by atoms with van der Waals surface area (Å²) in [5.74, 6) is 0.0379. The van der Waals surface area contributed by atoms with E-state index in [1.54, 1.807) is 27.8 Å². The lowest BCUT2D eigenvalue weighted by Crippen LogP contribution is -2.50. The normalized spacial score (nSPS) is 12.2. The van der Waals surface area contributed by atoms with Crippen molar-refractivity contribution < 1.29 is 19.1 Å². The summed E-state index contributed by atoms with van der Waals surface area (Å²) in [5, 5.41) is 2.75. The zero-order valence-corrected chi connectivity index (χ0v) is 16.9. The second-order valence-electron chi connectivity index (χ2n) is 6.99. The van der Waals surface area contributed by atoms with Gasteiger partial charge in [-0.1, -0.05) is 42.1 Å². The number of thioether (sulfide) groups is 1. The van der Waals surface area contributed by atoms with Crippen LogP contribution in [0, 0.1) is 0 Å². The van der Waals surface area contributed by atoms with Crippen LogP contribution in [0.25, 0.3) is 0 Å². The summed E-state index contributed by atoms with van der Waals surface area (Å²) in [6.45, 7) is 7.26. The van der Waals surface area contributed by atoms with E-state index in [9.17, 15) is 14.4 Å². The van der Waals surface area contributed by atoms with Gasteiger partial charge in [-0.25, -0.2) is 9.59 Å². The van der Waals surface area contributed by atoms with Crippen LogP contribution in [-0.2, 0) is 20.7 Å². The van der Waals surface area contributed by atoms with Gasteiger partial charge in [0.2, 0.25) is 0 Å². The van der Waals surface area contributed by atoms with Crippen molar-refractivity contribution in [1.29, 1.82) is 0 Å². The molecule has 144 valence electrons. The topological polar surface area (TPSA) is 75.7 Å². The molecule has 1 atom stereocenters. The van der Waals surface area contributed by atoms with E-state index in [0.717, 1.165) is 17.3 Å². The monoisotopic (exact) mass is 380 g/mol. The zero-order valence-electron chi connectivity index (χ0n) is 16.1. The standard InChI is InChI=1S/C19H28N2O4S/c1-14(22)26-12-11-21(5)18(24)20-16(17(23)25-19(2,3)4)13-15-9-7-6-8-10-15/h6-10,16H,11-13H2,1-5H3,(H,20,24)/t16-/m0/s1. The number of hydrogen-bond acceptors (Lipinski definition) is 5. The number of benzene rings is 1. The summed E-state index contributed by atoms with van der Waals surface area (Å²) >= 11 is 1.16. The second-order valence-corrected chi connectivity index (χ2v) is 8.26. The first-order valence-electron chi connectivity index (χ1n) is 8.50. The van der Waals surface area contributed by atoms with Crippen LogP contribution < -0.4 is 5.32 Å². The van der Waals surface area contributed by atoms with Crippen LogP contribution in [0.2, 0.25) is 0 Å². The molecule has 1 aromatic rings. The van der Waals surface area contributed by atoms with Crippen molar-refractivity contribution in [3.8, 4) is 0 Å². The van der Waals surface area contributed by atoms with E-state index in [0.29, 0.717) is 18.7 Å². The molecule has 26 heavy (non-hydrogen) atoms. The van der Waals surface area contributed by atoms with E-state index >= 15 is 0 Å². The minimum absolute atomic E-state index is 0.00881. The van der Waals surface area contributed by atoms with E-state index < -0.39 is 17.6 Å². The molecule has 0 unspecified atom stereocenters. The molecule has 2 amide bonds. The van der Waals surface area contributed by atoms with Crippen molar-refractivity contribution in [1.82, 2.24) is 10.2 Å². The summed E-state index contributed by atoms with van der Waals surface area (Å²) in [4.78, 5) is 37.4. The van der Waals surface area contributed by atoms with Gasteiger partial charge < -0.3 is 15.0 Å². The number of ether oxygens (including phenoxy) is 1. The fraction of sp³-hybridized carbons (Fsp3) is 0.526. The van der Waals surface area contributed by atoms with Gasteiger partial charge in [-0.3, -0.25) is 4.79 Å². The zero-order chi connectivity index (χ0) is 19.7. The SMILES string of the molecule is CC(=O)SCCN(C)C(=O)N[C@@H](Cc1ccccc1)C(=O)OC(C)(C)C. The highest BCUT2D eigenvalue weighted by molar-refractivity contribution is 8.13. The second kappa shape index (κ2) is 10.2. The van der Waals surface area contributed by atoms with Crippen LogP contribution in [0.1, 0.15) is 33.3 Å². The third-order valence-corrected chi connectivity index (χ3v) is 4.14. The molecule has 0 fully saturated rings. The summed E-state index contributed by atoms with van der Waals surface area (Å²) in [5.41, 5.74) is 0.291. The van der Waals surface area contributed by atoms with Gasteiger partial charge in [-0.05, 0) is 26.3 Å². The van der Waals surface area contributed by atoms with Gasteiger partial charge in [0.1, 0.15) is 11.6 Å². The Hall–Kier alpha value is -2.02. The van der Waals surface area contributed by atoms with E-state index in [1.165, 1.54) is 11.8 Å². The first-order valence-corrected chi connectivity index (χ1v) is 9.49. The molecule has 7 heteroatoms. The molecule has 0 spiro atoms. The molecule has 0 saturated carbocycles. The molecule has 0 saturated heterocycles. The lowest BCUT2D eigenvalue weighted by atomic mass is 10.1. The largest absolute Gasteiger partial charge is 0.458 e. The van der Waals surface area contributed by atoms with Crippen molar-refractivity contribution in [2.24, 2.45) is 0 Å². The summed E-state index contributed by atoms with van der Waals surface area (Å²) in [7, 11) is 1.63. The molecular formula is C19H28N2O4S. The van der Waals surface area contributed by atoms with Gasteiger partial charge in [-0.2, -0.15) is 0 Å². The average Bonchev–Trinajstić information content (AvgIpc) is 2.53. The van der Waals surface area contributed by atoms with Gasteiger partial charge in [0.15, 0.2) is 5.12 Å². The first-order chi connectivity index (χ1) is 12.1. The number of nitrogens with one attached hydrogen (secondary N) is 1. The highest BCUT2D eigenvalue weighted by atomic mass is 32.2. The van der Waals surface area contributed by atoms with Crippen molar-refractivity contribution >= 4 is 28.9 Å².